The van der Waals surface area contributed by atoms with Gasteiger partial charge in [-0.2, -0.15) is 13.2 Å². The Bertz CT molecular complexity index is 1030. The van der Waals surface area contributed by atoms with Crippen molar-refractivity contribution in [1.29, 1.82) is 0 Å². The van der Waals surface area contributed by atoms with Crippen molar-refractivity contribution >= 4 is 28.9 Å². The minimum Gasteiger partial charge on any atom is -0.392 e. The largest absolute Gasteiger partial charge is 0.416 e. The molecule has 156 valence electrons. The summed E-state index contributed by atoms with van der Waals surface area (Å²) >= 11 is 6.01. The van der Waals surface area contributed by atoms with Crippen LogP contribution in [-0.2, 0) is 17.6 Å². The van der Waals surface area contributed by atoms with E-state index in [0.29, 0.717) is 16.8 Å². The van der Waals surface area contributed by atoms with Gasteiger partial charge in [-0.3, -0.25) is 4.79 Å². The van der Waals surface area contributed by atoms with Crippen LogP contribution in [0.25, 0.3) is 0 Å². The van der Waals surface area contributed by atoms with Gasteiger partial charge in [0.2, 0.25) is 0 Å². The Morgan fingerprint density at radius 2 is 1.73 bits per heavy atom. The van der Waals surface area contributed by atoms with Crippen molar-refractivity contribution < 1.29 is 23.1 Å². The zero-order valence-corrected chi connectivity index (χ0v) is 16.3. The van der Waals surface area contributed by atoms with E-state index < -0.39 is 23.7 Å². The third-order valence-corrected chi connectivity index (χ3v) is 4.70. The van der Waals surface area contributed by atoms with Gasteiger partial charge in [0.15, 0.2) is 0 Å². The number of anilines is 2. The van der Waals surface area contributed by atoms with Gasteiger partial charge in [0.1, 0.15) is 6.04 Å². The molecule has 4 nitrogen and oxygen atoms in total. The number of carbonyl (C=O) groups is 1. The van der Waals surface area contributed by atoms with Gasteiger partial charge in [0, 0.05) is 5.69 Å². The zero-order valence-electron chi connectivity index (χ0n) is 15.6. The SMILES string of the molecule is O=C(Nc1cc(C(F)(F)F)ccc1Cl)[C@H](Nc1cccc(CO)c1)c1ccccc1. The van der Waals surface area contributed by atoms with Crippen LogP contribution in [0.2, 0.25) is 5.02 Å². The molecule has 0 heterocycles. The second-order valence-corrected chi connectivity index (χ2v) is 6.94. The lowest BCUT2D eigenvalue weighted by Crippen LogP contribution is -2.27. The molecule has 0 aliphatic carbocycles. The topological polar surface area (TPSA) is 61.4 Å². The van der Waals surface area contributed by atoms with Gasteiger partial charge in [0.05, 0.1) is 22.9 Å². The molecule has 0 radical (unpaired) electrons. The van der Waals surface area contributed by atoms with Crippen LogP contribution in [-0.4, -0.2) is 11.0 Å². The normalized spacial score (nSPS) is 12.3. The molecule has 0 spiro atoms. The Balaban J connectivity index is 1.91. The summed E-state index contributed by atoms with van der Waals surface area (Å²) < 4.78 is 39.1. The second kappa shape index (κ2) is 9.19. The first-order chi connectivity index (χ1) is 14.3. The number of halogens is 4. The minimum atomic E-state index is -4.56. The van der Waals surface area contributed by atoms with E-state index in [1.54, 1.807) is 54.6 Å². The van der Waals surface area contributed by atoms with Crippen molar-refractivity contribution in [3.63, 3.8) is 0 Å². The molecule has 0 aliphatic heterocycles. The van der Waals surface area contributed by atoms with E-state index in [0.717, 1.165) is 18.2 Å². The van der Waals surface area contributed by atoms with Crippen LogP contribution < -0.4 is 10.6 Å². The molecule has 1 amide bonds. The Morgan fingerprint density at radius 1 is 1.00 bits per heavy atom. The van der Waals surface area contributed by atoms with E-state index in [2.05, 4.69) is 10.6 Å². The molecule has 0 fully saturated rings. The fourth-order valence-corrected chi connectivity index (χ4v) is 3.04. The van der Waals surface area contributed by atoms with E-state index in [9.17, 15) is 23.1 Å². The summed E-state index contributed by atoms with van der Waals surface area (Å²) in [5.41, 5.74) is 0.770. The van der Waals surface area contributed by atoms with Crippen molar-refractivity contribution in [2.24, 2.45) is 0 Å². The molecule has 0 aliphatic rings. The summed E-state index contributed by atoms with van der Waals surface area (Å²) in [6, 6.07) is 17.4. The summed E-state index contributed by atoms with van der Waals surface area (Å²) in [7, 11) is 0. The van der Waals surface area contributed by atoms with Crippen molar-refractivity contribution in [2.45, 2.75) is 18.8 Å². The van der Waals surface area contributed by atoms with Crippen molar-refractivity contribution in [2.75, 3.05) is 10.6 Å². The number of alkyl halides is 3. The molecule has 0 unspecified atom stereocenters. The van der Waals surface area contributed by atoms with Crippen molar-refractivity contribution in [3.8, 4) is 0 Å². The molecular weight excluding hydrogens is 417 g/mol. The van der Waals surface area contributed by atoms with E-state index in [-0.39, 0.29) is 17.3 Å². The number of aliphatic hydroxyl groups is 1. The van der Waals surface area contributed by atoms with Gasteiger partial charge < -0.3 is 15.7 Å². The lowest BCUT2D eigenvalue weighted by molar-refractivity contribution is -0.137. The number of hydrogen-bond acceptors (Lipinski definition) is 3. The Hall–Kier alpha value is -3.03. The van der Waals surface area contributed by atoms with Crippen molar-refractivity contribution in [3.05, 3.63) is 94.5 Å². The second-order valence-electron chi connectivity index (χ2n) is 6.53. The van der Waals surface area contributed by atoms with Gasteiger partial charge >= 0.3 is 6.18 Å². The third kappa shape index (κ3) is 5.31. The maximum Gasteiger partial charge on any atom is 0.416 e. The molecule has 0 bridgehead atoms. The maximum absolute atomic E-state index is 13.0. The number of aliphatic hydroxyl groups excluding tert-OH is 1. The first-order valence-corrected chi connectivity index (χ1v) is 9.34. The van der Waals surface area contributed by atoms with Crippen LogP contribution in [0, 0.1) is 0 Å². The highest BCUT2D eigenvalue weighted by Crippen LogP contribution is 2.34. The first-order valence-electron chi connectivity index (χ1n) is 8.97. The smallest absolute Gasteiger partial charge is 0.392 e. The molecule has 0 saturated carbocycles. The van der Waals surface area contributed by atoms with Gasteiger partial charge in [-0.25, -0.2) is 0 Å². The number of carbonyl (C=O) groups excluding carboxylic acids is 1. The molecule has 3 rings (SSSR count). The lowest BCUT2D eigenvalue weighted by Gasteiger charge is -2.21. The molecule has 0 aromatic heterocycles. The van der Waals surface area contributed by atoms with E-state index >= 15 is 0 Å². The predicted molar refractivity (Wildman–Crippen MR) is 110 cm³/mol. The quantitative estimate of drug-likeness (QED) is 0.470. The highest BCUT2D eigenvalue weighted by atomic mass is 35.5. The first kappa shape index (κ1) is 21.7. The highest BCUT2D eigenvalue weighted by molar-refractivity contribution is 6.33. The van der Waals surface area contributed by atoms with E-state index in [4.69, 9.17) is 11.6 Å². The minimum absolute atomic E-state index is 0.00885. The summed E-state index contributed by atoms with van der Waals surface area (Å²) in [4.78, 5) is 13.0. The third-order valence-electron chi connectivity index (χ3n) is 4.37. The van der Waals surface area contributed by atoms with Gasteiger partial charge in [-0.15, -0.1) is 0 Å². The fourth-order valence-electron chi connectivity index (χ4n) is 2.87. The maximum atomic E-state index is 13.0. The van der Waals surface area contributed by atoms with Crippen LogP contribution in [0.5, 0.6) is 0 Å². The van der Waals surface area contributed by atoms with Gasteiger partial charge in [0.25, 0.3) is 5.91 Å². The van der Waals surface area contributed by atoms with Crippen LogP contribution in [0.4, 0.5) is 24.5 Å². The number of rotatable bonds is 6. The molecule has 3 aromatic carbocycles. The van der Waals surface area contributed by atoms with Gasteiger partial charge in [-0.05, 0) is 41.5 Å². The number of amides is 1. The lowest BCUT2D eigenvalue weighted by atomic mass is 10.0. The summed E-state index contributed by atoms with van der Waals surface area (Å²) in [5, 5.41) is 14.9. The summed E-state index contributed by atoms with van der Waals surface area (Å²) in [6.45, 7) is -0.169. The molecule has 3 aromatic rings. The van der Waals surface area contributed by atoms with E-state index in [1.807, 2.05) is 0 Å². The fraction of sp³-hybridized carbons (Fsp3) is 0.136. The number of hydrogen-bond donors (Lipinski definition) is 3. The van der Waals surface area contributed by atoms with Crippen LogP contribution >= 0.6 is 11.6 Å². The Kier molecular flexibility index (Phi) is 6.64. The van der Waals surface area contributed by atoms with Crippen LogP contribution in [0.3, 0.4) is 0 Å². The molecule has 30 heavy (non-hydrogen) atoms. The molecule has 0 saturated heterocycles. The average Bonchev–Trinajstić information content (AvgIpc) is 2.73. The predicted octanol–water partition coefficient (Wildman–Crippen LogP) is 5.64. The molecule has 3 N–H and O–H groups in total. The number of benzene rings is 3. The summed E-state index contributed by atoms with van der Waals surface area (Å²) in [5.74, 6) is -0.586. The van der Waals surface area contributed by atoms with Crippen LogP contribution in [0.1, 0.15) is 22.7 Å². The average molecular weight is 435 g/mol. The van der Waals surface area contributed by atoms with Crippen LogP contribution in [0.15, 0.2) is 72.8 Å². The Morgan fingerprint density at radius 3 is 2.40 bits per heavy atom. The zero-order chi connectivity index (χ0) is 21.7. The standard InChI is InChI=1S/C22H18ClF3N2O2/c23-18-10-9-16(22(24,25)26)12-19(18)28-21(30)20(15-6-2-1-3-7-15)27-17-8-4-5-14(11-17)13-29/h1-12,20,27,29H,13H2,(H,28,30)/t20-/m1/s1. The molecule has 8 heteroatoms. The summed E-state index contributed by atoms with van der Waals surface area (Å²) in [6.07, 6.45) is -4.56. The van der Waals surface area contributed by atoms with Gasteiger partial charge in [-0.1, -0.05) is 54.1 Å². The highest BCUT2D eigenvalue weighted by Gasteiger charge is 2.31. The Labute approximate surface area is 176 Å². The molecular formula is C22H18ClF3N2O2. The van der Waals surface area contributed by atoms with E-state index in [1.165, 1.54) is 0 Å². The monoisotopic (exact) mass is 434 g/mol. The molecule has 1 atom stereocenters. The van der Waals surface area contributed by atoms with Crippen molar-refractivity contribution in [1.82, 2.24) is 0 Å². The number of nitrogens with one attached hydrogen (secondary N) is 2.